The lowest BCUT2D eigenvalue weighted by Gasteiger charge is -2.07. The largest absolute Gasteiger partial charge is 0.497 e. The number of nitriles is 1. The van der Waals surface area contributed by atoms with Crippen molar-refractivity contribution in [2.45, 2.75) is 6.92 Å². The molecule has 0 aliphatic rings. The Morgan fingerprint density at radius 3 is 2.47 bits per heavy atom. The first kappa shape index (κ1) is 13.0. The highest BCUT2D eigenvalue weighted by Gasteiger charge is 2.06. The van der Waals surface area contributed by atoms with E-state index in [9.17, 15) is 4.39 Å². The quantitative estimate of drug-likeness (QED) is 0.586. The van der Waals surface area contributed by atoms with E-state index in [0.29, 0.717) is 11.1 Å². The molecule has 88 valence electrons. The maximum Gasteiger partial charge on any atom is 0.118 e. The van der Waals surface area contributed by atoms with Crippen LogP contribution < -0.4 is 4.74 Å². The van der Waals surface area contributed by atoms with Crippen molar-refractivity contribution in [3.63, 3.8) is 0 Å². The third kappa shape index (κ3) is 3.18. The average Bonchev–Trinajstić information content (AvgIpc) is 2.39. The van der Waals surface area contributed by atoms with Gasteiger partial charge in [-0.2, -0.15) is 5.26 Å². The van der Waals surface area contributed by atoms with Crippen LogP contribution in [0.3, 0.4) is 0 Å². The summed E-state index contributed by atoms with van der Waals surface area (Å²) in [6, 6.07) is 9.24. The molecule has 0 bridgehead atoms. The first-order chi connectivity index (χ1) is 8.26. The van der Waals surface area contributed by atoms with Gasteiger partial charge >= 0.3 is 0 Å². The van der Waals surface area contributed by atoms with Crippen molar-refractivity contribution in [3.05, 3.63) is 47.6 Å². The van der Waals surface area contributed by atoms with Crippen LogP contribution in [-0.2, 0) is 0 Å². The summed E-state index contributed by atoms with van der Waals surface area (Å²) in [7, 11) is 1.58. The highest BCUT2D eigenvalue weighted by molar-refractivity contribution is 5.82. The predicted octanol–water partition coefficient (Wildman–Crippen LogP) is 3.52. The van der Waals surface area contributed by atoms with E-state index in [1.54, 1.807) is 44.4 Å². The number of nitrogens with zero attached hydrogens (tertiary/aromatic N) is 1. The standard InChI is InChI=1S/C14H14FNO/c1-3-11(10-16)14(8-9-15)12-4-6-13(17-2)7-5-12/h3-8H,9H2,1-2H3/b11-3-,14-8+. The number of benzene rings is 1. The van der Waals surface area contributed by atoms with Crippen molar-refractivity contribution in [3.8, 4) is 11.8 Å². The number of allylic oxidation sites excluding steroid dienone is 4. The first-order valence-electron chi connectivity index (χ1n) is 5.24. The van der Waals surface area contributed by atoms with Crippen LogP contribution in [-0.4, -0.2) is 13.8 Å². The van der Waals surface area contributed by atoms with Crippen molar-refractivity contribution in [2.75, 3.05) is 13.8 Å². The number of rotatable bonds is 4. The van der Waals surface area contributed by atoms with Gasteiger partial charge in [0.15, 0.2) is 0 Å². The van der Waals surface area contributed by atoms with Gasteiger partial charge in [0.2, 0.25) is 0 Å². The van der Waals surface area contributed by atoms with Crippen molar-refractivity contribution in [2.24, 2.45) is 0 Å². The highest BCUT2D eigenvalue weighted by atomic mass is 19.1. The van der Waals surface area contributed by atoms with Gasteiger partial charge in [0.1, 0.15) is 12.4 Å². The molecule has 0 fully saturated rings. The number of alkyl halides is 1. The molecule has 0 saturated heterocycles. The van der Waals surface area contributed by atoms with Gasteiger partial charge < -0.3 is 4.74 Å². The second kappa shape index (κ2) is 6.49. The molecule has 1 aromatic carbocycles. The third-order valence-corrected chi connectivity index (χ3v) is 2.38. The average molecular weight is 231 g/mol. The second-order valence-electron chi connectivity index (χ2n) is 3.31. The molecule has 0 amide bonds. The van der Waals surface area contributed by atoms with Crippen LogP contribution >= 0.6 is 0 Å². The smallest absolute Gasteiger partial charge is 0.118 e. The maximum absolute atomic E-state index is 12.5. The summed E-state index contributed by atoms with van der Waals surface area (Å²) in [6.45, 7) is 1.16. The monoisotopic (exact) mass is 231 g/mol. The van der Waals surface area contributed by atoms with E-state index in [1.807, 2.05) is 0 Å². The summed E-state index contributed by atoms with van der Waals surface area (Å²) >= 11 is 0. The van der Waals surface area contributed by atoms with E-state index in [2.05, 4.69) is 6.07 Å². The normalized spacial score (nSPS) is 12.1. The zero-order valence-corrected chi connectivity index (χ0v) is 9.90. The molecule has 0 saturated carbocycles. The van der Waals surface area contributed by atoms with Crippen molar-refractivity contribution in [1.82, 2.24) is 0 Å². The van der Waals surface area contributed by atoms with Crippen LogP contribution in [0.1, 0.15) is 12.5 Å². The van der Waals surface area contributed by atoms with Gasteiger partial charge in [0, 0.05) is 0 Å². The van der Waals surface area contributed by atoms with Gasteiger partial charge in [-0.25, -0.2) is 4.39 Å². The van der Waals surface area contributed by atoms with Crippen molar-refractivity contribution < 1.29 is 9.13 Å². The van der Waals surface area contributed by atoms with E-state index in [0.717, 1.165) is 11.3 Å². The molecule has 0 heterocycles. The van der Waals surface area contributed by atoms with Crippen molar-refractivity contribution in [1.29, 1.82) is 5.26 Å². The van der Waals surface area contributed by atoms with Gasteiger partial charge in [-0.3, -0.25) is 0 Å². The number of hydrogen-bond acceptors (Lipinski definition) is 2. The molecule has 0 aliphatic heterocycles. The van der Waals surface area contributed by atoms with E-state index >= 15 is 0 Å². The van der Waals surface area contributed by atoms with Gasteiger partial charge in [-0.1, -0.05) is 18.2 Å². The highest BCUT2D eigenvalue weighted by Crippen LogP contribution is 2.24. The summed E-state index contributed by atoms with van der Waals surface area (Å²) in [5, 5.41) is 8.98. The van der Waals surface area contributed by atoms with Crippen LogP contribution in [0.4, 0.5) is 4.39 Å². The minimum absolute atomic E-state index is 0.466. The van der Waals surface area contributed by atoms with Gasteiger partial charge in [-0.05, 0) is 36.3 Å². The first-order valence-corrected chi connectivity index (χ1v) is 5.24. The van der Waals surface area contributed by atoms with E-state index in [-0.39, 0.29) is 0 Å². The molecular weight excluding hydrogens is 217 g/mol. The van der Waals surface area contributed by atoms with E-state index in [1.165, 1.54) is 6.08 Å². The van der Waals surface area contributed by atoms with Gasteiger partial charge in [-0.15, -0.1) is 0 Å². The fourth-order valence-corrected chi connectivity index (χ4v) is 1.51. The van der Waals surface area contributed by atoms with Crippen LogP contribution in [0.5, 0.6) is 5.75 Å². The van der Waals surface area contributed by atoms with E-state index < -0.39 is 6.67 Å². The molecule has 0 aliphatic carbocycles. The van der Waals surface area contributed by atoms with Gasteiger partial charge in [0.05, 0.1) is 18.8 Å². The Kier molecular flexibility index (Phi) is 4.96. The molecule has 17 heavy (non-hydrogen) atoms. The Hall–Kier alpha value is -2.08. The molecule has 0 aromatic heterocycles. The van der Waals surface area contributed by atoms with Crippen LogP contribution in [0.2, 0.25) is 0 Å². The Labute approximate surface area is 101 Å². The Balaban J connectivity index is 3.16. The summed E-state index contributed by atoms with van der Waals surface area (Å²) in [4.78, 5) is 0. The Morgan fingerprint density at radius 2 is 2.06 bits per heavy atom. The second-order valence-corrected chi connectivity index (χ2v) is 3.31. The molecule has 0 unspecified atom stereocenters. The van der Waals surface area contributed by atoms with Crippen molar-refractivity contribution >= 4 is 5.57 Å². The molecule has 0 spiro atoms. The minimum atomic E-state index is -0.597. The van der Waals surface area contributed by atoms with E-state index in [4.69, 9.17) is 10.00 Å². The van der Waals surface area contributed by atoms with Crippen LogP contribution in [0.25, 0.3) is 5.57 Å². The summed E-state index contributed by atoms with van der Waals surface area (Å²) in [5.74, 6) is 0.729. The zero-order chi connectivity index (χ0) is 12.7. The fourth-order valence-electron chi connectivity index (χ4n) is 1.51. The molecule has 2 nitrogen and oxygen atoms in total. The molecule has 0 atom stereocenters. The fraction of sp³-hybridized carbons (Fsp3) is 0.214. The molecule has 1 rings (SSSR count). The number of hydrogen-bond donors (Lipinski definition) is 0. The van der Waals surface area contributed by atoms with Crippen LogP contribution in [0.15, 0.2) is 42.0 Å². The number of halogens is 1. The molecule has 3 heteroatoms. The number of ether oxygens (including phenoxy) is 1. The summed E-state index contributed by atoms with van der Waals surface area (Å²) < 4.78 is 17.5. The maximum atomic E-state index is 12.5. The van der Waals surface area contributed by atoms with Crippen LogP contribution in [0, 0.1) is 11.3 Å². The molecule has 0 N–H and O–H groups in total. The lowest BCUT2D eigenvalue weighted by molar-refractivity contribution is 0.415. The number of methoxy groups -OCH3 is 1. The molecule has 0 radical (unpaired) electrons. The SMILES string of the molecule is C/C=C(C#N)\C(=C/CF)c1ccc(OC)cc1. The molecular formula is C14H14FNO. The lowest BCUT2D eigenvalue weighted by Crippen LogP contribution is -1.90. The third-order valence-electron chi connectivity index (χ3n) is 2.38. The Morgan fingerprint density at radius 1 is 1.41 bits per heavy atom. The lowest BCUT2D eigenvalue weighted by atomic mass is 9.98. The zero-order valence-electron chi connectivity index (χ0n) is 9.90. The Bertz CT molecular complexity index is 466. The minimum Gasteiger partial charge on any atom is -0.497 e. The molecule has 1 aromatic rings. The summed E-state index contributed by atoms with van der Waals surface area (Å²) in [5.41, 5.74) is 1.88. The topological polar surface area (TPSA) is 33.0 Å². The summed E-state index contributed by atoms with van der Waals surface area (Å²) in [6.07, 6.45) is 3.08. The predicted molar refractivity (Wildman–Crippen MR) is 66.3 cm³/mol. The van der Waals surface area contributed by atoms with Gasteiger partial charge in [0.25, 0.3) is 0 Å².